The van der Waals surface area contributed by atoms with Gasteiger partial charge in [-0.05, 0) is 49.1 Å². The van der Waals surface area contributed by atoms with Crippen molar-refractivity contribution in [2.75, 3.05) is 10.2 Å². The first-order valence-corrected chi connectivity index (χ1v) is 10.5. The third-order valence-corrected chi connectivity index (χ3v) is 5.85. The molecule has 0 saturated heterocycles. The second-order valence-electron chi connectivity index (χ2n) is 7.79. The maximum absolute atomic E-state index is 13.7. The first kappa shape index (κ1) is 19.3. The van der Waals surface area contributed by atoms with Crippen LogP contribution in [0.1, 0.15) is 49.8 Å². The molecule has 1 heterocycles. The smallest absolute Gasteiger partial charge is 0.234 e. The van der Waals surface area contributed by atoms with E-state index < -0.39 is 0 Å². The van der Waals surface area contributed by atoms with E-state index in [9.17, 15) is 4.79 Å². The molecule has 3 atom stereocenters. The summed E-state index contributed by atoms with van der Waals surface area (Å²) in [4.78, 5) is 15.7. The lowest BCUT2D eigenvalue weighted by atomic mass is 9.88. The quantitative estimate of drug-likeness (QED) is 0.571. The van der Waals surface area contributed by atoms with Crippen LogP contribution in [-0.2, 0) is 4.79 Å². The fraction of sp³-hybridized carbons (Fsp3) is 0.269. The van der Waals surface area contributed by atoms with Gasteiger partial charge in [0, 0.05) is 17.4 Å². The number of fused-ring (bicyclic) bond motifs is 1. The van der Waals surface area contributed by atoms with E-state index in [4.69, 9.17) is 0 Å². The van der Waals surface area contributed by atoms with E-state index in [1.54, 1.807) is 0 Å². The van der Waals surface area contributed by atoms with Crippen molar-refractivity contribution < 1.29 is 4.79 Å². The van der Waals surface area contributed by atoms with Gasteiger partial charge in [0.15, 0.2) is 0 Å². The van der Waals surface area contributed by atoms with Crippen LogP contribution in [0.4, 0.5) is 11.4 Å². The predicted octanol–water partition coefficient (Wildman–Crippen LogP) is 6.16. The molecule has 148 valence electrons. The summed E-state index contributed by atoms with van der Waals surface area (Å²) < 4.78 is 0. The van der Waals surface area contributed by atoms with Crippen LogP contribution in [0.3, 0.4) is 0 Å². The Morgan fingerprint density at radius 3 is 2.28 bits per heavy atom. The molecule has 0 saturated carbocycles. The molecule has 1 aliphatic rings. The van der Waals surface area contributed by atoms with Gasteiger partial charge >= 0.3 is 0 Å². The van der Waals surface area contributed by atoms with Gasteiger partial charge < -0.3 is 10.2 Å². The third-order valence-electron chi connectivity index (χ3n) is 5.85. The lowest BCUT2D eigenvalue weighted by molar-refractivity contribution is -0.120. The average molecular weight is 385 g/mol. The van der Waals surface area contributed by atoms with Crippen molar-refractivity contribution in [3.8, 4) is 0 Å². The van der Waals surface area contributed by atoms with Crippen LogP contribution in [-0.4, -0.2) is 11.9 Å². The number of amides is 1. The molecule has 0 aliphatic carbocycles. The molecular formula is C26H28N2O. The second kappa shape index (κ2) is 8.52. The highest BCUT2D eigenvalue weighted by Crippen LogP contribution is 2.40. The van der Waals surface area contributed by atoms with E-state index in [0.29, 0.717) is 0 Å². The highest BCUT2D eigenvalue weighted by molar-refractivity contribution is 5.99. The van der Waals surface area contributed by atoms with E-state index in [-0.39, 0.29) is 23.9 Å². The first-order valence-electron chi connectivity index (χ1n) is 10.5. The minimum atomic E-state index is -0.120. The number of para-hydroxylation sites is 2. The summed E-state index contributed by atoms with van der Waals surface area (Å²) in [7, 11) is 0. The van der Waals surface area contributed by atoms with E-state index in [1.165, 1.54) is 5.56 Å². The highest BCUT2D eigenvalue weighted by atomic mass is 16.2. The molecule has 1 N–H and O–H groups in total. The fourth-order valence-corrected chi connectivity index (χ4v) is 4.43. The van der Waals surface area contributed by atoms with Crippen LogP contribution in [0, 0.1) is 0 Å². The number of carbonyl (C=O) groups excluding carboxylic acids is 1. The lowest BCUT2D eigenvalue weighted by Crippen LogP contribution is -2.46. The van der Waals surface area contributed by atoms with Crippen LogP contribution in [0.5, 0.6) is 0 Å². The molecule has 3 aromatic rings. The zero-order chi connectivity index (χ0) is 20.2. The standard InChI is InChI=1S/C26H28N2O/c1-3-22(20-12-6-4-7-13-20)26(29)28-19(2)18-24(23-16-10-11-17-25(23)28)27-21-14-8-5-9-15-21/h4-17,19,22,24,27H,3,18H2,1-2H3/t19-,22+,24+/m0/s1. The molecule has 4 rings (SSSR count). The summed E-state index contributed by atoms with van der Waals surface area (Å²) in [5.74, 6) is 0.0714. The van der Waals surface area contributed by atoms with Gasteiger partial charge in [0.25, 0.3) is 0 Å². The molecular weight excluding hydrogens is 356 g/mol. The number of hydrogen-bond acceptors (Lipinski definition) is 2. The SMILES string of the molecule is CC[C@@H](C(=O)N1c2ccccc2[C@H](Nc2ccccc2)C[C@@H]1C)c1ccccc1. The van der Waals surface area contributed by atoms with Gasteiger partial charge in [-0.25, -0.2) is 0 Å². The Labute approximate surface area is 173 Å². The molecule has 0 spiro atoms. The minimum Gasteiger partial charge on any atom is -0.378 e. The predicted molar refractivity (Wildman–Crippen MR) is 120 cm³/mol. The summed E-state index contributed by atoms with van der Waals surface area (Å²) in [5, 5.41) is 3.66. The van der Waals surface area contributed by atoms with E-state index >= 15 is 0 Å². The maximum atomic E-state index is 13.7. The number of hydrogen-bond donors (Lipinski definition) is 1. The van der Waals surface area contributed by atoms with Gasteiger partial charge in [0.05, 0.1) is 12.0 Å². The normalized spacial score (nSPS) is 19.3. The molecule has 0 radical (unpaired) electrons. The van der Waals surface area contributed by atoms with Gasteiger partial charge in [-0.3, -0.25) is 4.79 Å². The minimum absolute atomic E-state index is 0.120. The van der Waals surface area contributed by atoms with Gasteiger partial charge in [0.2, 0.25) is 5.91 Å². The second-order valence-corrected chi connectivity index (χ2v) is 7.79. The molecule has 1 aliphatic heterocycles. The Hall–Kier alpha value is -3.07. The fourth-order valence-electron chi connectivity index (χ4n) is 4.43. The maximum Gasteiger partial charge on any atom is 0.234 e. The molecule has 0 aromatic heterocycles. The summed E-state index contributed by atoms with van der Waals surface area (Å²) in [6.45, 7) is 4.25. The van der Waals surface area contributed by atoms with Crippen LogP contribution in [0.15, 0.2) is 84.9 Å². The topological polar surface area (TPSA) is 32.3 Å². The van der Waals surface area contributed by atoms with Gasteiger partial charge in [-0.2, -0.15) is 0 Å². The summed E-state index contributed by atoms with van der Waals surface area (Å²) >= 11 is 0. The van der Waals surface area contributed by atoms with Crippen molar-refractivity contribution in [1.82, 2.24) is 0 Å². The molecule has 1 amide bonds. The average Bonchev–Trinajstić information content (AvgIpc) is 2.76. The number of nitrogens with zero attached hydrogens (tertiary/aromatic N) is 1. The number of rotatable bonds is 5. The van der Waals surface area contributed by atoms with Crippen molar-refractivity contribution in [2.24, 2.45) is 0 Å². The van der Waals surface area contributed by atoms with Gasteiger partial charge in [0.1, 0.15) is 0 Å². The number of carbonyl (C=O) groups is 1. The Morgan fingerprint density at radius 2 is 1.59 bits per heavy atom. The first-order chi connectivity index (χ1) is 14.2. The molecule has 3 nitrogen and oxygen atoms in total. The van der Waals surface area contributed by atoms with Crippen molar-refractivity contribution in [3.05, 3.63) is 96.1 Å². The van der Waals surface area contributed by atoms with Crippen molar-refractivity contribution in [3.63, 3.8) is 0 Å². The molecule has 0 fully saturated rings. The Morgan fingerprint density at radius 1 is 0.966 bits per heavy atom. The van der Waals surface area contributed by atoms with Crippen molar-refractivity contribution in [1.29, 1.82) is 0 Å². The molecule has 3 aromatic carbocycles. The van der Waals surface area contributed by atoms with E-state index in [2.05, 4.69) is 61.6 Å². The third kappa shape index (κ3) is 3.91. The molecule has 3 heteroatoms. The zero-order valence-corrected chi connectivity index (χ0v) is 17.1. The largest absolute Gasteiger partial charge is 0.378 e. The highest BCUT2D eigenvalue weighted by Gasteiger charge is 2.36. The van der Waals surface area contributed by atoms with E-state index in [0.717, 1.165) is 29.8 Å². The Bertz CT molecular complexity index is 955. The van der Waals surface area contributed by atoms with E-state index in [1.807, 2.05) is 47.4 Å². The molecule has 0 unspecified atom stereocenters. The Balaban J connectivity index is 1.67. The Kier molecular flexibility index (Phi) is 5.66. The van der Waals surface area contributed by atoms with Crippen molar-refractivity contribution in [2.45, 2.75) is 44.7 Å². The lowest BCUT2D eigenvalue weighted by Gasteiger charge is -2.41. The number of benzene rings is 3. The summed E-state index contributed by atoms with van der Waals surface area (Å²) in [6, 6.07) is 29.1. The molecule has 0 bridgehead atoms. The van der Waals surface area contributed by atoms with Gasteiger partial charge in [-0.1, -0.05) is 73.7 Å². The van der Waals surface area contributed by atoms with Crippen LogP contribution in [0.2, 0.25) is 0 Å². The van der Waals surface area contributed by atoms with Crippen molar-refractivity contribution >= 4 is 17.3 Å². The number of anilines is 2. The summed E-state index contributed by atoms with van der Waals surface area (Å²) in [6.07, 6.45) is 1.67. The molecule has 29 heavy (non-hydrogen) atoms. The van der Waals surface area contributed by atoms with Crippen LogP contribution >= 0.6 is 0 Å². The van der Waals surface area contributed by atoms with Crippen LogP contribution < -0.4 is 10.2 Å². The zero-order valence-electron chi connectivity index (χ0n) is 17.1. The monoisotopic (exact) mass is 384 g/mol. The van der Waals surface area contributed by atoms with Gasteiger partial charge in [-0.15, -0.1) is 0 Å². The summed E-state index contributed by atoms with van der Waals surface area (Å²) in [5.41, 5.74) is 4.41. The van der Waals surface area contributed by atoms with Crippen LogP contribution in [0.25, 0.3) is 0 Å². The number of nitrogens with one attached hydrogen (secondary N) is 1.